The number of nitrogens with one attached hydrogen (secondary N) is 2. The van der Waals surface area contributed by atoms with Gasteiger partial charge in [-0.25, -0.2) is 0 Å². The highest BCUT2D eigenvalue weighted by Gasteiger charge is 2.15. The van der Waals surface area contributed by atoms with Gasteiger partial charge in [0.05, 0.1) is 11.6 Å². The predicted octanol–water partition coefficient (Wildman–Crippen LogP) is 4.13. The van der Waals surface area contributed by atoms with E-state index in [-0.39, 0.29) is 18.1 Å². The molecule has 0 spiro atoms. The van der Waals surface area contributed by atoms with Crippen LogP contribution in [0.2, 0.25) is 0 Å². The zero-order valence-corrected chi connectivity index (χ0v) is 18.5. The summed E-state index contributed by atoms with van der Waals surface area (Å²) in [4.78, 5) is 25.6. The third-order valence-electron chi connectivity index (χ3n) is 4.51. The summed E-state index contributed by atoms with van der Waals surface area (Å²) in [5, 5.41) is 5.53. The highest BCUT2D eigenvalue weighted by atomic mass is 79.9. The number of halogens is 1. The van der Waals surface area contributed by atoms with Gasteiger partial charge in [-0.2, -0.15) is 0 Å². The van der Waals surface area contributed by atoms with E-state index >= 15 is 0 Å². The van der Waals surface area contributed by atoms with Gasteiger partial charge in [0.1, 0.15) is 11.4 Å². The van der Waals surface area contributed by atoms with Crippen molar-refractivity contribution in [3.8, 4) is 5.75 Å². The summed E-state index contributed by atoms with van der Waals surface area (Å²) in [5.74, 6) is -0.149. The van der Waals surface area contributed by atoms with Crippen LogP contribution < -0.4 is 21.1 Å². The largest absolute Gasteiger partial charge is 0.496 e. The lowest BCUT2D eigenvalue weighted by atomic mass is 10.1. The molecular formula is C24H22BrN3O3. The Bertz CT molecular complexity index is 1110. The lowest BCUT2D eigenvalue weighted by Gasteiger charge is -2.13. The predicted molar refractivity (Wildman–Crippen MR) is 125 cm³/mol. The van der Waals surface area contributed by atoms with Gasteiger partial charge in [-0.1, -0.05) is 42.5 Å². The summed E-state index contributed by atoms with van der Waals surface area (Å²) in [6, 6.07) is 21.3. The van der Waals surface area contributed by atoms with E-state index in [0.29, 0.717) is 22.6 Å². The number of rotatable bonds is 7. The molecule has 7 heteroatoms. The number of carbonyl (C=O) groups is 2. The number of hydrogen-bond acceptors (Lipinski definition) is 4. The summed E-state index contributed by atoms with van der Waals surface area (Å²) >= 11 is 3.44. The number of hydrogen-bond donors (Lipinski definition) is 3. The maximum absolute atomic E-state index is 12.9. The summed E-state index contributed by atoms with van der Waals surface area (Å²) < 4.78 is 5.98. The van der Waals surface area contributed by atoms with Gasteiger partial charge in [0.15, 0.2) is 0 Å². The van der Waals surface area contributed by atoms with Gasteiger partial charge in [0.25, 0.3) is 11.8 Å². The fourth-order valence-electron chi connectivity index (χ4n) is 2.85. The molecule has 158 valence electrons. The molecule has 0 heterocycles. The molecular weight excluding hydrogens is 458 g/mol. The van der Waals surface area contributed by atoms with Crippen LogP contribution in [0.3, 0.4) is 0 Å². The summed E-state index contributed by atoms with van der Waals surface area (Å²) in [6.45, 7) is 0.233. The Morgan fingerprint density at radius 3 is 2.42 bits per heavy atom. The minimum absolute atomic E-state index is 0.112. The van der Waals surface area contributed by atoms with Crippen molar-refractivity contribution in [2.45, 2.75) is 6.54 Å². The Balaban J connectivity index is 1.85. The molecule has 0 atom stereocenters. The van der Waals surface area contributed by atoms with Gasteiger partial charge < -0.3 is 21.1 Å². The fraction of sp³-hybridized carbons (Fsp3) is 0.0833. The van der Waals surface area contributed by atoms with Crippen molar-refractivity contribution < 1.29 is 14.3 Å². The van der Waals surface area contributed by atoms with Crippen LogP contribution in [-0.4, -0.2) is 18.9 Å². The minimum atomic E-state index is -0.431. The number of ether oxygens (including phenoxy) is 1. The molecule has 0 aliphatic rings. The van der Waals surface area contributed by atoms with Crippen molar-refractivity contribution in [3.63, 3.8) is 0 Å². The zero-order valence-electron chi connectivity index (χ0n) is 16.9. The molecule has 0 aliphatic heterocycles. The van der Waals surface area contributed by atoms with Gasteiger partial charge in [-0.05, 0) is 63.5 Å². The monoisotopic (exact) mass is 479 g/mol. The lowest BCUT2D eigenvalue weighted by Crippen LogP contribution is -2.34. The Hall–Kier alpha value is -3.58. The van der Waals surface area contributed by atoms with E-state index in [1.165, 1.54) is 0 Å². The number of para-hydroxylation sites is 1. The van der Waals surface area contributed by atoms with E-state index in [4.69, 9.17) is 10.5 Å². The van der Waals surface area contributed by atoms with E-state index in [1.807, 2.05) is 24.3 Å². The van der Waals surface area contributed by atoms with Crippen molar-refractivity contribution >= 4 is 39.5 Å². The molecule has 0 unspecified atom stereocenters. The van der Waals surface area contributed by atoms with Gasteiger partial charge >= 0.3 is 0 Å². The number of anilines is 1. The third kappa shape index (κ3) is 5.96. The molecule has 0 saturated heterocycles. The van der Waals surface area contributed by atoms with Crippen LogP contribution in [0.5, 0.6) is 5.75 Å². The first-order valence-corrected chi connectivity index (χ1v) is 10.3. The van der Waals surface area contributed by atoms with Crippen molar-refractivity contribution in [1.29, 1.82) is 0 Å². The summed E-state index contributed by atoms with van der Waals surface area (Å²) in [7, 11) is 1.57. The maximum Gasteiger partial charge on any atom is 0.268 e. The number of nitrogen functional groups attached to an aromatic ring is 1. The Morgan fingerprint density at radius 1 is 1.03 bits per heavy atom. The molecule has 6 nitrogen and oxygen atoms in total. The van der Waals surface area contributed by atoms with Gasteiger partial charge in [-0.15, -0.1) is 0 Å². The summed E-state index contributed by atoms with van der Waals surface area (Å²) in [6.07, 6.45) is 1.61. The van der Waals surface area contributed by atoms with Crippen molar-refractivity contribution in [3.05, 3.63) is 99.7 Å². The molecule has 3 rings (SSSR count). The number of carbonyl (C=O) groups excluding carboxylic acids is 2. The topological polar surface area (TPSA) is 93.4 Å². The number of amides is 2. The second-order valence-corrected chi connectivity index (χ2v) is 7.51. The molecule has 0 bridgehead atoms. The zero-order chi connectivity index (χ0) is 22.2. The normalized spacial score (nSPS) is 11.0. The van der Waals surface area contributed by atoms with Crippen LogP contribution in [0.1, 0.15) is 21.5 Å². The van der Waals surface area contributed by atoms with Crippen molar-refractivity contribution in [2.75, 3.05) is 12.8 Å². The first kappa shape index (κ1) is 22.1. The smallest absolute Gasteiger partial charge is 0.268 e. The van der Waals surface area contributed by atoms with Crippen LogP contribution in [0.15, 0.2) is 83.0 Å². The van der Waals surface area contributed by atoms with E-state index in [9.17, 15) is 9.59 Å². The SMILES string of the molecule is COc1ccc(C=C(NC(=O)c2ccccc2)C(=O)NCc2ccccc2N)cc1Br. The average molecular weight is 480 g/mol. The second-order valence-electron chi connectivity index (χ2n) is 6.65. The highest BCUT2D eigenvalue weighted by molar-refractivity contribution is 9.10. The Labute approximate surface area is 189 Å². The Morgan fingerprint density at radius 2 is 1.74 bits per heavy atom. The quantitative estimate of drug-likeness (QED) is 0.350. The van der Waals surface area contributed by atoms with E-state index in [1.54, 1.807) is 61.7 Å². The molecule has 0 saturated carbocycles. The molecule has 0 radical (unpaired) electrons. The average Bonchev–Trinajstić information content (AvgIpc) is 2.78. The van der Waals surface area contributed by atoms with E-state index in [2.05, 4.69) is 26.6 Å². The molecule has 4 N–H and O–H groups in total. The third-order valence-corrected chi connectivity index (χ3v) is 5.13. The molecule has 2 amide bonds. The van der Waals surface area contributed by atoms with Gasteiger partial charge in [0.2, 0.25) is 0 Å². The maximum atomic E-state index is 12.9. The van der Waals surface area contributed by atoms with Crippen LogP contribution in [0.25, 0.3) is 6.08 Å². The van der Waals surface area contributed by atoms with Crippen LogP contribution >= 0.6 is 15.9 Å². The first-order chi connectivity index (χ1) is 15.0. The molecule has 3 aromatic carbocycles. The summed E-state index contributed by atoms with van der Waals surface area (Å²) in [5.41, 5.74) is 8.60. The highest BCUT2D eigenvalue weighted by Crippen LogP contribution is 2.26. The molecule has 0 fully saturated rings. The standard InChI is InChI=1S/C24H22BrN3O3/c1-31-22-12-11-16(13-19(22)25)14-21(28-23(29)17-7-3-2-4-8-17)24(30)27-15-18-9-5-6-10-20(18)26/h2-14H,15,26H2,1H3,(H,27,30)(H,28,29). The van der Waals surface area contributed by atoms with Crippen LogP contribution in [0.4, 0.5) is 5.69 Å². The minimum Gasteiger partial charge on any atom is -0.496 e. The van der Waals surface area contributed by atoms with Gasteiger partial charge in [-0.3, -0.25) is 9.59 Å². The molecule has 31 heavy (non-hydrogen) atoms. The van der Waals surface area contributed by atoms with Gasteiger partial charge in [0, 0.05) is 17.8 Å². The second kappa shape index (κ2) is 10.4. The number of methoxy groups -OCH3 is 1. The lowest BCUT2D eigenvalue weighted by molar-refractivity contribution is -0.117. The van der Waals surface area contributed by atoms with Crippen LogP contribution in [-0.2, 0) is 11.3 Å². The first-order valence-electron chi connectivity index (χ1n) is 9.51. The van der Waals surface area contributed by atoms with Crippen molar-refractivity contribution in [1.82, 2.24) is 10.6 Å². The fourth-order valence-corrected chi connectivity index (χ4v) is 3.41. The van der Waals surface area contributed by atoms with Crippen molar-refractivity contribution in [2.24, 2.45) is 0 Å². The van der Waals surface area contributed by atoms with E-state index in [0.717, 1.165) is 10.0 Å². The molecule has 0 aromatic heterocycles. The molecule has 0 aliphatic carbocycles. The Kier molecular flexibility index (Phi) is 7.45. The number of nitrogens with two attached hydrogens (primary N) is 1. The van der Waals surface area contributed by atoms with E-state index < -0.39 is 5.91 Å². The van der Waals surface area contributed by atoms with Crippen LogP contribution in [0, 0.1) is 0 Å². The molecule has 3 aromatic rings. The number of benzene rings is 3.